The number of halogens is 1. The van der Waals surface area contributed by atoms with E-state index in [1.165, 1.54) is 7.05 Å². The van der Waals surface area contributed by atoms with Crippen LogP contribution in [0.5, 0.6) is 0 Å². The summed E-state index contributed by atoms with van der Waals surface area (Å²) in [6.07, 6.45) is 2.10. The van der Waals surface area contributed by atoms with Crippen LogP contribution in [-0.4, -0.2) is 37.9 Å². The molecule has 0 amide bonds. The maximum Gasteiger partial charge on any atom is 0.239 e. The number of hydrogen-bond acceptors (Lipinski definition) is 5. The van der Waals surface area contributed by atoms with E-state index in [2.05, 4.69) is 22.6 Å². The fourth-order valence-corrected chi connectivity index (χ4v) is 4.18. The summed E-state index contributed by atoms with van der Waals surface area (Å²) in [5.74, 6) is 1.02. The topological polar surface area (TPSA) is 63.2 Å². The van der Waals surface area contributed by atoms with Crippen molar-refractivity contribution < 1.29 is 12.8 Å². The molecule has 0 N–H and O–H groups in total. The SMILES string of the molecule is CC(C)c1nc(N(C)S(C)(=O)=O)nc(C2CCC(F)CC2C)c1CS. The number of sulfonamides is 1. The van der Waals surface area contributed by atoms with E-state index in [1.807, 2.05) is 20.8 Å². The Labute approximate surface area is 155 Å². The van der Waals surface area contributed by atoms with Crippen LogP contribution >= 0.6 is 12.6 Å². The first-order valence-electron chi connectivity index (χ1n) is 8.65. The van der Waals surface area contributed by atoms with Crippen molar-refractivity contribution in [1.82, 2.24) is 9.97 Å². The van der Waals surface area contributed by atoms with Crippen molar-refractivity contribution in [2.45, 2.75) is 63.8 Å². The van der Waals surface area contributed by atoms with Gasteiger partial charge in [0.25, 0.3) is 0 Å². The zero-order valence-corrected chi connectivity index (χ0v) is 17.2. The number of nitrogens with zero attached hydrogens (tertiary/aromatic N) is 3. The summed E-state index contributed by atoms with van der Waals surface area (Å²) in [7, 11) is -2.00. The number of anilines is 1. The van der Waals surface area contributed by atoms with Crippen molar-refractivity contribution >= 4 is 28.6 Å². The number of rotatable bonds is 5. The van der Waals surface area contributed by atoms with E-state index in [0.29, 0.717) is 25.0 Å². The van der Waals surface area contributed by atoms with Gasteiger partial charge >= 0.3 is 0 Å². The second-order valence-corrected chi connectivity index (χ2v) is 9.64. The van der Waals surface area contributed by atoms with Crippen LogP contribution in [0.2, 0.25) is 0 Å². The first kappa shape index (κ1) is 20.4. The largest absolute Gasteiger partial charge is 0.247 e. The maximum atomic E-state index is 13.7. The van der Waals surface area contributed by atoms with E-state index >= 15 is 0 Å². The molecule has 0 aromatic carbocycles. The van der Waals surface area contributed by atoms with Gasteiger partial charge in [0.2, 0.25) is 16.0 Å². The monoisotopic (exact) mass is 389 g/mol. The van der Waals surface area contributed by atoms with Gasteiger partial charge in [-0.2, -0.15) is 12.6 Å². The minimum absolute atomic E-state index is 0.0985. The Balaban J connectivity index is 2.62. The summed E-state index contributed by atoms with van der Waals surface area (Å²) in [5.41, 5.74) is 2.61. The molecule has 25 heavy (non-hydrogen) atoms. The number of thiol groups is 1. The Morgan fingerprint density at radius 1 is 1.32 bits per heavy atom. The average Bonchev–Trinajstić information content (AvgIpc) is 2.52. The molecule has 0 bridgehead atoms. The molecule has 0 spiro atoms. The molecular formula is C17H28FN3O2S2. The van der Waals surface area contributed by atoms with E-state index in [0.717, 1.165) is 27.5 Å². The summed E-state index contributed by atoms with van der Waals surface area (Å²) < 4.78 is 38.7. The van der Waals surface area contributed by atoms with Crippen molar-refractivity contribution in [3.8, 4) is 0 Å². The lowest BCUT2D eigenvalue weighted by molar-refractivity contribution is 0.184. The third kappa shape index (κ3) is 4.45. The number of hydrogen-bond donors (Lipinski definition) is 1. The van der Waals surface area contributed by atoms with Crippen molar-refractivity contribution in [1.29, 1.82) is 0 Å². The van der Waals surface area contributed by atoms with Gasteiger partial charge in [0, 0.05) is 24.3 Å². The van der Waals surface area contributed by atoms with Gasteiger partial charge in [0.15, 0.2) is 0 Å². The van der Waals surface area contributed by atoms with Crippen molar-refractivity contribution in [3.63, 3.8) is 0 Å². The highest BCUT2D eigenvalue weighted by atomic mass is 32.2. The molecule has 142 valence electrons. The molecule has 1 heterocycles. The third-order valence-electron chi connectivity index (χ3n) is 5.00. The van der Waals surface area contributed by atoms with E-state index in [1.54, 1.807) is 0 Å². The Morgan fingerprint density at radius 2 is 1.96 bits per heavy atom. The lowest BCUT2D eigenvalue weighted by Gasteiger charge is -2.33. The van der Waals surface area contributed by atoms with Crippen LogP contribution in [0.4, 0.5) is 10.3 Å². The maximum absolute atomic E-state index is 13.7. The molecule has 0 aliphatic heterocycles. The minimum Gasteiger partial charge on any atom is -0.247 e. The van der Waals surface area contributed by atoms with E-state index < -0.39 is 16.2 Å². The van der Waals surface area contributed by atoms with Gasteiger partial charge in [-0.05, 0) is 31.1 Å². The molecule has 1 saturated carbocycles. The average molecular weight is 390 g/mol. The van der Waals surface area contributed by atoms with E-state index in [9.17, 15) is 12.8 Å². The summed E-state index contributed by atoms with van der Waals surface area (Å²) >= 11 is 4.47. The zero-order chi connectivity index (χ0) is 18.9. The fourth-order valence-electron chi connectivity index (χ4n) is 3.48. The van der Waals surface area contributed by atoms with E-state index in [-0.39, 0.29) is 23.7 Å². The predicted octanol–water partition coefficient (Wildman–Crippen LogP) is 3.67. The highest BCUT2D eigenvalue weighted by Crippen LogP contribution is 2.41. The molecular weight excluding hydrogens is 361 g/mol. The van der Waals surface area contributed by atoms with Crippen LogP contribution in [0, 0.1) is 5.92 Å². The molecule has 3 unspecified atom stereocenters. The van der Waals surface area contributed by atoms with Crippen LogP contribution in [-0.2, 0) is 15.8 Å². The van der Waals surface area contributed by atoms with Gasteiger partial charge in [0.05, 0.1) is 17.6 Å². The van der Waals surface area contributed by atoms with Crippen LogP contribution in [0.15, 0.2) is 0 Å². The molecule has 0 radical (unpaired) electrons. The van der Waals surface area contributed by atoms with Gasteiger partial charge in [-0.1, -0.05) is 20.8 Å². The van der Waals surface area contributed by atoms with Gasteiger partial charge in [-0.3, -0.25) is 0 Å². The normalized spacial score (nSPS) is 24.6. The molecule has 5 nitrogen and oxygen atoms in total. The van der Waals surface area contributed by atoms with Crippen molar-refractivity contribution in [2.75, 3.05) is 17.6 Å². The molecule has 1 aliphatic rings. The molecule has 3 atom stereocenters. The second kappa shape index (κ2) is 7.78. The highest BCUT2D eigenvalue weighted by Gasteiger charge is 2.33. The molecule has 0 saturated heterocycles. The smallest absolute Gasteiger partial charge is 0.239 e. The summed E-state index contributed by atoms with van der Waals surface area (Å²) in [4.78, 5) is 9.13. The Hall–Kier alpha value is -0.890. The molecule has 1 aliphatic carbocycles. The Kier molecular flexibility index (Phi) is 6.35. The number of alkyl halides is 1. The summed E-state index contributed by atoms with van der Waals surface area (Å²) in [5, 5.41) is 0. The lowest BCUT2D eigenvalue weighted by atomic mass is 9.76. The van der Waals surface area contributed by atoms with Gasteiger partial charge in [-0.15, -0.1) is 0 Å². The van der Waals surface area contributed by atoms with Crippen molar-refractivity contribution in [3.05, 3.63) is 17.0 Å². The van der Waals surface area contributed by atoms with Crippen molar-refractivity contribution in [2.24, 2.45) is 5.92 Å². The standard InChI is InChI=1S/C17H28FN3O2S2/c1-10(2)15-14(9-24)16(13-7-6-12(18)8-11(13)3)20-17(19-15)21(4)25(5,22)23/h10-13,24H,6-9H2,1-5H3. The van der Waals surface area contributed by atoms with Crippen LogP contribution in [0.3, 0.4) is 0 Å². The second-order valence-electron chi connectivity index (χ2n) is 7.31. The number of aromatic nitrogens is 2. The molecule has 8 heteroatoms. The van der Waals surface area contributed by atoms with Gasteiger partial charge in [-0.25, -0.2) is 27.1 Å². The fraction of sp³-hybridized carbons (Fsp3) is 0.765. The van der Waals surface area contributed by atoms with E-state index in [4.69, 9.17) is 0 Å². The van der Waals surface area contributed by atoms with Crippen LogP contribution in [0.25, 0.3) is 0 Å². The molecule has 1 fully saturated rings. The summed E-state index contributed by atoms with van der Waals surface area (Å²) in [6, 6.07) is 0. The molecule has 1 aromatic rings. The molecule has 1 aromatic heterocycles. The Morgan fingerprint density at radius 3 is 2.44 bits per heavy atom. The quantitative estimate of drug-likeness (QED) is 0.781. The van der Waals surface area contributed by atoms with Gasteiger partial charge < -0.3 is 0 Å². The van der Waals surface area contributed by atoms with Crippen LogP contribution < -0.4 is 4.31 Å². The summed E-state index contributed by atoms with van der Waals surface area (Å²) in [6.45, 7) is 6.08. The highest BCUT2D eigenvalue weighted by molar-refractivity contribution is 7.92. The zero-order valence-electron chi connectivity index (χ0n) is 15.5. The molecule has 2 rings (SSSR count). The first-order chi connectivity index (χ1) is 11.6. The third-order valence-corrected chi connectivity index (χ3v) is 6.47. The first-order valence-corrected chi connectivity index (χ1v) is 11.1. The predicted molar refractivity (Wildman–Crippen MR) is 103 cm³/mol. The lowest BCUT2D eigenvalue weighted by Crippen LogP contribution is -2.30. The minimum atomic E-state index is -3.46. The van der Waals surface area contributed by atoms with Gasteiger partial charge in [0.1, 0.15) is 6.17 Å². The Bertz CT molecular complexity index is 725. The van der Waals surface area contributed by atoms with Crippen LogP contribution in [0.1, 0.15) is 68.8 Å².